The van der Waals surface area contributed by atoms with Gasteiger partial charge in [-0.05, 0) is 48.4 Å². The van der Waals surface area contributed by atoms with Crippen LogP contribution in [-0.2, 0) is 5.75 Å². The van der Waals surface area contributed by atoms with Gasteiger partial charge in [-0.1, -0.05) is 49.3 Å². The number of hydrogen-bond donors (Lipinski definition) is 1. The van der Waals surface area contributed by atoms with Crippen LogP contribution in [0.15, 0.2) is 70.6 Å². The number of hydrogen-bond acceptors (Lipinski definition) is 5. The monoisotopic (exact) mass is 525 g/mol. The fraction of sp³-hybridized carbons (Fsp3) is 0.222. The summed E-state index contributed by atoms with van der Waals surface area (Å²) in [5.74, 6) is 0.356. The SMILES string of the molecule is COc1cccc(-n2c(SCc3c(F)cccc3Cl)nc3cc(C(=O)NCC(C)C)ccc3c2=O)c1. The highest BCUT2D eigenvalue weighted by molar-refractivity contribution is 7.98. The summed E-state index contributed by atoms with van der Waals surface area (Å²) in [4.78, 5) is 31.0. The maximum absolute atomic E-state index is 14.4. The van der Waals surface area contributed by atoms with Crippen LogP contribution in [0.2, 0.25) is 5.02 Å². The number of thioether (sulfide) groups is 1. The number of nitrogens with zero attached hydrogens (tertiary/aromatic N) is 2. The van der Waals surface area contributed by atoms with E-state index in [4.69, 9.17) is 21.3 Å². The molecule has 0 aliphatic rings. The molecule has 0 spiro atoms. The molecule has 1 heterocycles. The Kier molecular flexibility index (Phi) is 7.96. The van der Waals surface area contributed by atoms with Crippen LogP contribution in [0.3, 0.4) is 0 Å². The highest BCUT2D eigenvalue weighted by Crippen LogP contribution is 2.30. The molecule has 4 rings (SSSR count). The Balaban J connectivity index is 1.83. The molecule has 9 heteroatoms. The number of fused-ring (bicyclic) bond motifs is 1. The first-order valence-electron chi connectivity index (χ1n) is 11.3. The molecule has 6 nitrogen and oxygen atoms in total. The zero-order valence-corrected chi connectivity index (χ0v) is 21.6. The van der Waals surface area contributed by atoms with Gasteiger partial charge < -0.3 is 10.1 Å². The lowest BCUT2D eigenvalue weighted by Gasteiger charge is -2.15. The third-order valence-corrected chi connectivity index (χ3v) is 6.81. The van der Waals surface area contributed by atoms with E-state index in [9.17, 15) is 14.0 Å². The second-order valence-electron chi connectivity index (χ2n) is 8.56. The highest BCUT2D eigenvalue weighted by atomic mass is 35.5. The van der Waals surface area contributed by atoms with E-state index in [1.807, 2.05) is 13.8 Å². The predicted molar refractivity (Wildman–Crippen MR) is 142 cm³/mol. The summed E-state index contributed by atoms with van der Waals surface area (Å²) in [6.07, 6.45) is 0. The van der Waals surface area contributed by atoms with Crippen molar-refractivity contribution in [3.05, 3.63) is 93.0 Å². The van der Waals surface area contributed by atoms with E-state index in [-0.39, 0.29) is 17.2 Å². The van der Waals surface area contributed by atoms with Gasteiger partial charge in [0, 0.05) is 34.5 Å². The van der Waals surface area contributed by atoms with Crippen LogP contribution < -0.4 is 15.6 Å². The number of rotatable bonds is 8. The molecule has 0 saturated heterocycles. The van der Waals surface area contributed by atoms with Crippen LogP contribution in [0.1, 0.15) is 29.8 Å². The van der Waals surface area contributed by atoms with Gasteiger partial charge in [0.2, 0.25) is 0 Å². The molecule has 1 N–H and O–H groups in total. The van der Waals surface area contributed by atoms with Crippen molar-refractivity contribution in [2.45, 2.75) is 24.8 Å². The summed E-state index contributed by atoms with van der Waals surface area (Å²) in [5, 5.41) is 3.86. The van der Waals surface area contributed by atoms with Crippen molar-refractivity contribution in [3.63, 3.8) is 0 Å². The number of amides is 1. The lowest BCUT2D eigenvalue weighted by molar-refractivity contribution is 0.0949. The molecule has 4 aromatic rings. The van der Waals surface area contributed by atoms with Crippen LogP contribution >= 0.6 is 23.4 Å². The van der Waals surface area contributed by atoms with Gasteiger partial charge in [0.15, 0.2) is 5.16 Å². The van der Waals surface area contributed by atoms with Gasteiger partial charge in [0.05, 0.1) is 23.7 Å². The van der Waals surface area contributed by atoms with E-state index >= 15 is 0 Å². The Hall–Kier alpha value is -3.36. The van der Waals surface area contributed by atoms with Gasteiger partial charge in [-0.3, -0.25) is 14.2 Å². The summed E-state index contributed by atoms with van der Waals surface area (Å²) in [5.41, 5.74) is 1.33. The van der Waals surface area contributed by atoms with Crippen molar-refractivity contribution >= 4 is 40.2 Å². The van der Waals surface area contributed by atoms with Gasteiger partial charge in [-0.25, -0.2) is 9.37 Å². The fourth-order valence-electron chi connectivity index (χ4n) is 3.59. The number of aromatic nitrogens is 2. The number of ether oxygens (including phenoxy) is 1. The van der Waals surface area contributed by atoms with Crippen molar-refractivity contribution < 1.29 is 13.9 Å². The van der Waals surface area contributed by atoms with E-state index < -0.39 is 5.82 Å². The average molecular weight is 526 g/mol. The van der Waals surface area contributed by atoms with Gasteiger partial charge in [-0.15, -0.1) is 0 Å². The molecule has 0 saturated carbocycles. The molecule has 0 radical (unpaired) electrons. The Morgan fingerprint density at radius 2 is 1.94 bits per heavy atom. The van der Waals surface area contributed by atoms with E-state index in [2.05, 4.69) is 5.32 Å². The molecule has 1 aromatic heterocycles. The minimum atomic E-state index is -0.435. The number of methoxy groups -OCH3 is 1. The summed E-state index contributed by atoms with van der Waals surface area (Å²) in [7, 11) is 1.54. The summed E-state index contributed by atoms with van der Waals surface area (Å²) >= 11 is 7.40. The summed E-state index contributed by atoms with van der Waals surface area (Å²) < 4.78 is 21.2. The first kappa shape index (κ1) is 25.7. The Labute approximate surface area is 217 Å². The molecule has 1 amide bonds. The van der Waals surface area contributed by atoms with Crippen LogP contribution in [0.25, 0.3) is 16.6 Å². The standard InChI is InChI=1S/C27H25ClFN3O3S/c1-16(2)14-30-25(33)17-10-11-20-24(12-17)31-27(36-15-21-22(28)8-5-9-23(21)29)32(26(20)34)18-6-4-7-19(13-18)35-3/h4-13,16H,14-15H2,1-3H3,(H,30,33). The van der Waals surface area contributed by atoms with Crippen molar-refractivity contribution in [3.8, 4) is 11.4 Å². The van der Waals surface area contributed by atoms with Crippen LogP contribution in [-0.4, -0.2) is 29.1 Å². The highest BCUT2D eigenvalue weighted by Gasteiger charge is 2.17. The normalized spacial score (nSPS) is 11.2. The number of carbonyl (C=O) groups is 1. The molecule has 186 valence electrons. The molecular formula is C27H25ClFN3O3S. The second kappa shape index (κ2) is 11.1. The molecule has 0 bridgehead atoms. The summed E-state index contributed by atoms with van der Waals surface area (Å²) in [6.45, 7) is 4.55. The van der Waals surface area contributed by atoms with E-state index in [1.165, 1.54) is 28.5 Å². The first-order valence-corrected chi connectivity index (χ1v) is 12.7. The van der Waals surface area contributed by atoms with Crippen LogP contribution in [0.5, 0.6) is 5.75 Å². The number of nitrogens with one attached hydrogen (secondary N) is 1. The molecule has 0 fully saturated rings. The molecule has 0 aliphatic carbocycles. The average Bonchev–Trinajstić information content (AvgIpc) is 2.86. The quantitative estimate of drug-likeness (QED) is 0.230. The minimum Gasteiger partial charge on any atom is -0.497 e. The number of halogens is 2. The Morgan fingerprint density at radius 3 is 2.67 bits per heavy atom. The smallest absolute Gasteiger partial charge is 0.266 e. The van der Waals surface area contributed by atoms with Gasteiger partial charge in [0.25, 0.3) is 11.5 Å². The van der Waals surface area contributed by atoms with Crippen LogP contribution in [0.4, 0.5) is 4.39 Å². The van der Waals surface area contributed by atoms with Gasteiger partial charge in [-0.2, -0.15) is 0 Å². The first-order chi connectivity index (χ1) is 17.3. The van der Waals surface area contributed by atoms with Crippen molar-refractivity contribution in [1.82, 2.24) is 14.9 Å². The molecule has 0 unspecified atom stereocenters. The molecule has 0 atom stereocenters. The number of carbonyl (C=O) groups excluding carboxylic acids is 1. The van der Waals surface area contributed by atoms with Crippen molar-refractivity contribution in [2.75, 3.05) is 13.7 Å². The Morgan fingerprint density at radius 1 is 1.17 bits per heavy atom. The van der Waals surface area contributed by atoms with Crippen molar-refractivity contribution in [2.24, 2.45) is 5.92 Å². The zero-order chi connectivity index (χ0) is 25.8. The second-order valence-corrected chi connectivity index (χ2v) is 9.91. The maximum atomic E-state index is 14.4. The third kappa shape index (κ3) is 5.55. The Bertz CT molecular complexity index is 1470. The minimum absolute atomic E-state index is 0.155. The van der Waals surface area contributed by atoms with Crippen LogP contribution in [0, 0.1) is 11.7 Å². The maximum Gasteiger partial charge on any atom is 0.266 e. The molecule has 3 aromatic carbocycles. The van der Waals surface area contributed by atoms with E-state index in [0.29, 0.717) is 56.1 Å². The topological polar surface area (TPSA) is 73.2 Å². The fourth-order valence-corrected chi connectivity index (χ4v) is 4.94. The lowest BCUT2D eigenvalue weighted by atomic mass is 10.1. The third-order valence-electron chi connectivity index (χ3n) is 5.49. The molecule has 0 aliphatic heterocycles. The van der Waals surface area contributed by atoms with Gasteiger partial charge >= 0.3 is 0 Å². The van der Waals surface area contributed by atoms with E-state index in [0.717, 1.165) is 0 Å². The predicted octanol–water partition coefficient (Wildman–Crippen LogP) is 5.86. The summed E-state index contributed by atoms with van der Waals surface area (Å²) in [6, 6.07) is 16.4. The zero-order valence-electron chi connectivity index (χ0n) is 20.0. The largest absolute Gasteiger partial charge is 0.497 e. The number of benzene rings is 3. The lowest BCUT2D eigenvalue weighted by Crippen LogP contribution is -2.27. The van der Waals surface area contributed by atoms with E-state index in [1.54, 1.807) is 55.6 Å². The molecule has 36 heavy (non-hydrogen) atoms. The molecular weight excluding hydrogens is 501 g/mol. The van der Waals surface area contributed by atoms with Gasteiger partial charge in [0.1, 0.15) is 11.6 Å². The van der Waals surface area contributed by atoms with Crippen molar-refractivity contribution in [1.29, 1.82) is 0 Å².